The smallest absolute Gasteiger partial charge is 0.306 e. The number of hydrogen-bond acceptors (Lipinski definition) is 6. The number of piperidine rings is 1. The Hall–Kier alpha value is -2.83. The SMILES string of the molecule is COc1ccc(Nc2nc(C)cc(N3CCC(C(=O)O)CC3)n2)cc1. The van der Waals surface area contributed by atoms with Crippen molar-refractivity contribution in [3.63, 3.8) is 0 Å². The molecule has 7 nitrogen and oxygen atoms in total. The second kappa shape index (κ2) is 7.38. The number of carbonyl (C=O) groups is 1. The van der Waals surface area contributed by atoms with Gasteiger partial charge in [-0.3, -0.25) is 4.79 Å². The number of aromatic nitrogens is 2. The van der Waals surface area contributed by atoms with Crippen molar-refractivity contribution >= 4 is 23.4 Å². The number of aryl methyl sites for hydroxylation is 1. The molecule has 1 aliphatic heterocycles. The van der Waals surface area contributed by atoms with E-state index in [-0.39, 0.29) is 5.92 Å². The third-order valence-corrected chi connectivity index (χ3v) is 4.36. The number of benzene rings is 1. The van der Waals surface area contributed by atoms with E-state index in [0.29, 0.717) is 31.9 Å². The summed E-state index contributed by atoms with van der Waals surface area (Å²) >= 11 is 0. The zero-order valence-corrected chi connectivity index (χ0v) is 14.4. The topological polar surface area (TPSA) is 87.6 Å². The minimum Gasteiger partial charge on any atom is -0.497 e. The van der Waals surface area contributed by atoms with Crippen LogP contribution in [0.2, 0.25) is 0 Å². The van der Waals surface area contributed by atoms with Crippen LogP contribution in [-0.4, -0.2) is 41.2 Å². The molecule has 3 rings (SSSR count). The summed E-state index contributed by atoms with van der Waals surface area (Å²) in [5.74, 6) is 1.18. The molecule has 25 heavy (non-hydrogen) atoms. The fraction of sp³-hybridized carbons (Fsp3) is 0.389. The van der Waals surface area contributed by atoms with Crippen LogP contribution in [0, 0.1) is 12.8 Å². The number of nitrogens with zero attached hydrogens (tertiary/aromatic N) is 3. The lowest BCUT2D eigenvalue weighted by atomic mass is 9.97. The highest BCUT2D eigenvalue weighted by Gasteiger charge is 2.25. The molecule has 7 heteroatoms. The van der Waals surface area contributed by atoms with Gasteiger partial charge in [0.25, 0.3) is 0 Å². The highest BCUT2D eigenvalue weighted by Crippen LogP contribution is 2.24. The Morgan fingerprint density at radius 1 is 1.24 bits per heavy atom. The van der Waals surface area contributed by atoms with Crippen molar-refractivity contribution in [3.05, 3.63) is 36.0 Å². The quantitative estimate of drug-likeness (QED) is 0.864. The van der Waals surface area contributed by atoms with Gasteiger partial charge in [-0.05, 0) is 44.0 Å². The number of aliphatic carboxylic acids is 1. The van der Waals surface area contributed by atoms with Crippen LogP contribution in [0.15, 0.2) is 30.3 Å². The molecule has 0 saturated carbocycles. The van der Waals surface area contributed by atoms with Crippen molar-refractivity contribution in [3.8, 4) is 5.75 Å². The van der Waals surface area contributed by atoms with E-state index in [1.54, 1.807) is 7.11 Å². The molecule has 132 valence electrons. The molecule has 1 aliphatic rings. The Bertz CT molecular complexity index is 740. The number of anilines is 3. The van der Waals surface area contributed by atoms with E-state index in [4.69, 9.17) is 9.84 Å². The predicted octanol–water partition coefficient (Wildman–Crippen LogP) is 2.84. The molecule has 2 aromatic rings. The lowest BCUT2D eigenvalue weighted by Crippen LogP contribution is -2.36. The number of ether oxygens (including phenoxy) is 1. The second-order valence-electron chi connectivity index (χ2n) is 6.14. The molecule has 1 fully saturated rings. The van der Waals surface area contributed by atoms with E-state index in [1.165, 1.54) is 0 Å². The fourth-order valence-corrected chi connectivity index (χ4v) is 2.93. The molecule has 2 N–H and O–H groups in total. The van der Waals surface area contributed by atoms with Gasteiger partial charge in [-0.2, -0.15) is 4.98 Å². The monoisotopic (exact) mass is 342 g/mol. The van der Waals surface area contributed by atoms with Crippen LogP contribution in [-0.2, 0) is 4.79 Å². The first-order valence-electron chi connectivity index (χ1n) is 8.29. The molecule has 0 aliphatic carbocycles. The molecule has 0 unspecified atom stereocenters. The van der Waals surface area contributed by atoms with Gasteiger partial charge < -0.3 is 20.1 Å². The Morgan fingerprint density at radius 3 is 2.52 bits per heavy atom. The van der Waals surface area contributed by atoms with Crippen molar-refractivity contribution in [1.29, 1.82) is 0 Å². The molecular weight excluding hydrogens is 320 g/mol. The van der Waals surface area contributed by atoms with E-state index in [9.17, 15) is 4.79 Å². The van der Waals surface area contributed by atoms with Crippen molar-refractivity contribution in [2.24, 2.45) is 5.92 Å². The van der Waals surface area contributed by atoms with Gasteiger partial charge in [-0.15, -0.1) is 0 Å². The van der Waals surface area contributed by atoms with Gasteiger partial charge >= 0.3 is 5.97 Å². The summed E-state index contributed by atoms with van der Waals surface area (Å²) in [5.41, 5.74) is 1.74. The van der Waals surface area contributed by atoms with Crippen molar-refractivity contribution < 1.29 is 14.6 Å². The number of hydrogen-bond donors (Lipinski definition) is 2. The van der Waals surface area contributed by atoms with Crippen LogP contribution in [0.3, 0.4) is 0 Å². The molecule has 0 amide bonds. The van der Waals surface area contributed by atoms with Crippen molar-refractivity contribution in [1.82, 2.24) is 9.97 Å². The van der Waals surface area contributed by atoms with Crippen molar-refractivity contribution in [2.45, 2.75) is 19.8 Å². The maximum Gasteiger partial charge on any atom is 0.306 e. The minimum absolute atomic E-state index is 0.254. The van der Waals surface area contributed by atoms with E-state index in [2.05, 4.69) is 20.2 Å². The highest BCUT2D eigenvalue weighted by molar-refractivity contribution is 5.70. The van der Waals surface area contributed by atoms with Crippen LogP contribution >= 0.6 is 0 Å². The fourth-order valence-electron chi connectivity index (χ4n) is 2.93. The molecule has 1 aromatic heterocycles. The summed E-state index contributed by atoms with van der Waals surface area (Å²) in [7, 11) is 1.63. The maximum atomic E-state index is 11.1. The summed E-state index contributed by atoms with van der Waals surface area (Å²) in [6, 6.07) is 9.48. The minimum atomic E-state index is -0.708. The van der Waals surface area contributed by atoms with Gasteiger partial charge in [-0.1, -0.05) is 0 Å². The third-order valence-electron chi connectivity index (χ3n) is 4.36. The van der Waals surface area contributed by atoms with Gasteiger partial charge in [0.2, 0.25) is 5.95 Å². The molecule has 1 saturated heterocycles. The van der Waals surface area contributed by atoms with Gasteiger partial charge in [0, 0.05) is 30.5 Å². The Kier molecular flexibility index (Phi) is 5.02. The van der Waals surface area contributed by atoms with Crippen LogP contribution in [0.25, 0.3) is 0 Å². The van der Waals surface area contributed by atoms with E-state index in [1.807, 2.05) is 37.3 Å². The van der Waals surface area contributed by atoms with Gasteiger partial charge in [0.05, 0.1) is 13.0 Å². The van der Waals surface area contributed by atoms with Crippen LogP contribution < -0.4 is 15.0 Å². The van der Waals surface area contributed by atoms with Crippen LogP contribution in [0.4, 0.5) is 17.5 Å². The number of nitrogens with one attached hydrogen (secondary N) is 1. The molecular formula is C18H22N4O3. The predicted molar refractivity (Wildman–Crippen MR) is 95.6 cm³/mol. The standard InChI is InChI=1S/C18H22N4O3/c1-12-11-16(22-9-7-13(8-10-22)17(23)24)21-18(19-12)20-14-3-5-15(25-2)6-4-14/h3-6,11,13H,7-10H2,1-2H3,(H,23,24)(H,19,20,21). The molecule has 0 bridgehead atoms. The molecule has 0 atom stereocenters. The largest absolute Gasteiger partial charge is 0.497 e. The first-order chi connectivity index (χ1) is 12.0. The Labute approximate surface area is 146 Å². The summed E-state index contributed by atoms with van der Waals surface area (Å²) in [4.78, 5) is 22.2. The van der Waals surface area contributed by atoms with Gasteiger partial charge in [-0.25, -0.2) is 4.98 Å². The third kappa shape index (κ3) is 4.17. The number of carboxylic acid groups (broad SMARTS) is 1. The zero-order chi connectivity index (χ0) is 17.8. The first-order valence-corrected chi connectivity index (χ1v) is 8.29. The first kappa shape index (κ1) is 17.0. The number of carboxylic acids is 1. The normalized spacial score (nSPS) is 15.0. The summed E-state index contributed by atoms with van der Waals surface area (Å²) in [6.45, 7) is 3.30. The molecule has 0 spiro atoms. The van der Waals surface area contributed by atoms with E-state index >= 15 is 0 Å². The maximum absolute atomic E-state index is 11.1. The van der Waals surface area contributed by atoms with Gasteiger partial charge in [0.15, 0.2) is 0 Å². The lowest BCUT2D eigenvalue weighted by Gasteiger charge is -2.31. The molecule has 2 heterocycles. The summed E-state index contributed by atoms with van der Waals surface area (Å²) in [6.07, 6.45) is 1.28. The summed E-state index contributed by atoms with van der Waals surface area (Å²) < 4.78 is 5.15. The number of methoxy groups -OCH3 is 1. The average Bonchev–Trinajstić information content (AvgIpc) is 2.62. The van der Waals surface area contributed by atoms with Crippen molar-refractivity contribution in [2.75, 3.05) is 30.4 Å². The van der Waals surface area contributed by atoms with Gasteiger partial charge in [0.1, 0.15) is 11.6 Å². The Morgan fingerprint density at radius 2 is 1.92 bits per heavy atom. The molecule has 0 radical (unpaired) electrons. The average molecular weight is 342 g/mol. The lowest BCUT2D eigenvalue weighted by molar-refractivity contribution is -0.142. The zero-order valence-electron chi connectivity index (χ0n) is 14.4. The van der Waals surface area contributed by atoms with E-state index < -0.39 is 5.97 Å². The molecule has 1 aromatic carbocycles. The van der Waals surface area contributed by atoms with Crippen LogP contribution in [0.1, 0.15) is 18.5 Å². The summed E-state index contributed by atoms with van der Waals surface area (Å²) in [5, 5.41) is 12.3. The Balaban J connectivity index is 1.73. The van der Waals surface area contributed by atoms with E-state index in [0.717, 1.165) is 22.9 Å². The second-order valence-corrected chi connectivity index (χ2v) is 6.14. The van der Waals surface area contributed by atoms with Crippen LogP contribution in [0.5, 0.6) is 5.75 Å². The number of rotatable bonds is 5. The highest BCUT2D eigenvalue weighted by atomic mass is 16.5.